The number of fused-ring (bicyclic) bond motifs is 1. The molecule has 2 aliphatic heterocycles. The molecule has 0 unspecified atom stereocenters. The standard InChI is InChI=1S/C5H12NO2P/c1-9-6(2-4-7-9)3-5-8-9/h9H,2-5H2,1H3. The summed E-state index contributed by atoms with van der Waals surface area (Å²) in [4.78, 5) is 0. The third-order valence-electron chi connectivity index (χ3n) is 2.04. The van der Waals surface area contributed by atoms with Crippen molar-refractivity contribution < 1.29 is 9.05 Å². The molecule has 2 heterocycles. The van der Waals surface area contributed by atoms with Crippen molar-refractivity contribution in [2.24, 2.45) is 0 Å². The van der Waals surface area contributed by atoms with E-state index in [4.69, 9.17) is 9.05 Å². The molecule has 2 saturated heterocycles. The average Bonchev–Trinajstić information content (AvgIpc) is 2.22. The van der Waals surface area contributed by atoms with Gasteiger partial charge in [0, 0.05) is 0 Å². The summed E-state index contributed by atoms with van der Waals surface area (Å²) in [7, 11) is -1.72. The maximum atomic E-state index is 5.51. The van der Waals surface area contributed by atoms with E-state index in [0.717, 1.165) is 26.3 Å². The molecule has 0 amide bonds. The maximum absolute atomic E-state index is 5.51. The molecule has 9 heavy (non-hydrogen) atoms. The van der Waals surface area contributed by atoms with Crippen LogP contribution in [-0.4, -0.2) is 37.6 Å². The van der Waals surface area contributed by atoms with Gasteiger partial charge in [-0.05, 0) is 0 Å². The Morgan fingerprint density at radius 1 is 1.22 bits per heavy atom. The van der Waals surface area contributed by atoms with Gasteiger partial charge in [-0.2, -0.15) is 0 Å². The fourth-order valence-electron chi connectivity index (χ4n) is 1.43. The van der Waals surface area contributed by atoms with E-state index in [0.29, 0.717) is 0 Å². The van der Waals surface area contributed by atoms with Crippen molar-refractivity contribution in [3.63, 3.8) is 0 Å². The molecule has 0 aromatic carbocycles. The molecular weight excluding hydrogens is 137 g/mol. The second kappa shape index (κ2) is 1.89. The summed E-state index contributed by atoms with van der Waals surface area (Å²) in [5, 5.41) is 0. The van der Waals surface area contributed by atoms with Crippen LogP contribution in [0.15, 0.2) is 0 Å². The minimum atomic E-state index is -1.72. The zero-order chi connectivity index (χ0) is 6.32. The second-order valence-corrected chi connectivity index (χ2v) is 5.59. The molecular formula is C5H12NO2P. The molecule has 0 aromatic heterocycles. The van der Waals surface area contributed by atoms with Crippen molar-refractivity contribution in [3.8, 4) is 0 Å². The van der Waals surface area contributed by atoms with Crippen molar-refractivity contribution in [3.05, 3.63) is 0 Å². The van der Waals surface area contributed by atoms with Crippen LogP contribution in [0.4, 0.5) is 0 Å². The Hall–Kier alpha value is 0.310. The Labute approximate surface area is 55.5 Å². The summed E-state index contributed by atoms with van der Waals surface area (Å²) >= 11 is 0. The van der Waals surface area contributed by atoms with Crippen molar-refractivity contribution in [1.82, 2.24) is 4.67 Å². The molecule has 54 valence electrons. The van der Waals surface area contributed by atoms with Gasteiger partial charge in [0.05, 0.1) is 0 Å². The van der Waals surface area contributed by atoms with E-state index in [1.54, 1.807) is 0 Å². The van der Waals surface area contributed by atoms with E-state index in [9.17, 15) is 0 Å². The zero-order valence-corrected chi connectivity index (χ0v) is 6.59. The molecule has 0 spiro atoms. The monoisotopic (exact) mass is 149 g/mol. The molecule has 0 aromatic rings. The van der Waals surface area contributed by atoms with Crippen molar-refractivity contribution in [2.45, 2.75) is 0 Å². The first kappa shape index (κ1) is 6.05. The third-order valence-corrected chi connectivity index (χ3v) is 5.11. The van der Waals surface area contributed by atoms with E-state index in [2.05, 4.69) is 11.3 Å². The average molecular weight is 149 g/mol. The Balaban J connectivity index is 2.17. The zero-order valence-electron chi connectivity index (χ0n) is 5.59. The summed E-state index contributed by atoms with van der Waals surface area (Å²) in [6, 6.07) is 0. The molecule has 0 saturated carbocycles. The van der Waals surface area contributed by atoms with E-state index in [1.807, 2.05) is 0 Å². The van der Waals surface area contributed by atoms with Crippen LogP contribution in [0, 0.1) is 0 Å². The van der Waals surface area contributed by atoms with Crippen molar-refractivity contribution in [2.75, 3.05) is 33.0 Å². The van der Waals surface area contributed by atoms with Gasteiger partial charge >= 0.3 is 54.6 Å². The van der Waals surface area contributed by atoms with Crippen molar-refractivity contribution in [1.29, 1.82) is 0 Å². The van der Waals surface area contributed by atoms with E-state index in [1.165, 1.54) is 0 Å². The molecule has 2 rings (SSSR count). The second-order valence-electron chi connectivity index (χ2n) is 2.58. The molecule has 2 fully saturated rings. The number of rotatable bonds is 0. The van der Waals surface area contributed by atoms with Gasteiger partial charge in [0.25, 0.3) is 0 Å². The topological polar surface area (TPSA) is 21.7 Å². The van der Waals surface area contributed by atoms with Gasteiger partial charge in [0.15, 0.2) is 0 Å². The van der Waals surface area contributed by atoms with Gasteiger partial charge in [-0.3, -0.25) is 0 Å². The summed E-state index contributed by atoms with van der Waals surface area (Å²) < 4.78 is 13.4. The van der Waals surface area contributed by atoms with Gasteiger partial charge in [-0.1, -0.05) is 0 Å². The summed E-state index contributed by atoms with van der Waals surface area (Å²) in [5.41, 5.74) is 0. The third kappa shape index (κ3) is 0.802. The molecule has 0 aliphatic carbocycles. The minimum absolute atomic E-state index is 0.878. The molecule has 4 heteroatoms. The van der Waals surface area contributed by atoms with Crippen LogP contribution in [0.1, 0.15) is 0 Å². The van der Waals surface area contributed by atoms with Crippen LogP contribution in [0.5, 0.6) is 0 Å². The molecule has 0 radical (unpaired) electrons. The van der Waals surface area contributed by atoms with Gasteiger partial charge in [-0.15, -0.1) is 0 Å². The Bertz CT molecular complexity index is 120. The van der Waals surface area contributed by atoms with Gasteiger partial charge < -0.3 is 0 Å². The normalized spacial score (nSPS) is 36.6. The predicted molar refractivity (Wildman–Crippen MR) is 37.7 cm³/mol. The van der Waals surface area contributed by atoms with E-state index in [-0.39, 0.29) is 0 Å². The Morgan fingerprint density at radius 2 is 1.78 bits per heavy atom. The van der Waals surface area contributed by atoms with Crippen molar-refractivity contribution >= 4 is 7.87 Å². The predicted octanol–water partition coefficient (Wildman–Crippen LogP) is 0.474. The van der Waals surface area contributed by atoms with Crippen LogP contribution < -0.4 is 0 Å². The Kier molecular flexibility index (Phi) is 1.27. The van der Waals surface area contributed by atoms with Crippen LogP contribution in [0.25, 0.3) is 0 Å². The molecule has 0 N–H and O–H groups in total. The summed E-state index contributed by atoms with van der Waals surface area (Å²) in [5.74, 6) is 0. The van der Waals surface area contributed by atoms with Gasteiger partial charge in [0.2, 0.25) is 0 Å². The van der Waals surface area contributed by atoms with E-state index >= 15 is 0 Å². The first-order valence-electron chi connectivity index (χ1n) is 3.34. The van der Waals surface area contributed by atoms with Crippen LogP contribution in [0.3, 0.4) is 0 Å². The molecule has 2 aliphatic rings. The summed E-state index contributed by atoms with van der Waals surface area (Å²) in [6.45, 7) is 6.05. The number of hydrogen-bond donors (Lipinski definition) is 0. The number of hydrogen-bond acceptors (Lipinski definition) is 3. The number of nitrogens with zero attached hydrogens (tertiary/aromatic N) is 1. The summed E-state index contributed by atoms with van der Waals surface area (Å²) in [6.07, 6.45) is 0. The molecule has 3 nitrogen and oxygen atoms in total. The molecule has 0 bridgehead atoms. The van der Waals surface area contributed by atoms with Crippen LogP contribution in [-0.2, 0) is 9.05 Å². The SMILES string of the molecule is C[PH]12OCCN1CCO2. The molecule has 0 atom stereocenters. The van der Waals surface area contributed by atoms with Gasteiger partial charge in [-0.25, -0.2) is 0 Å². The Morgan fingerprint density at radius 3 is 2.22 bits per heavy atom. The fraction of sp³-hybridized carbons (Fsp3) is 1.00. The van der Waals surface area contributed by atoms with Crippen LogP contribution in [0.2, 0.25) is 0 Å². The van der Waals surface area contributed by atoms with Gasteiger partial charge in [0.1, 0.15) is 0 Å². The quantitative estimate of drug-likeness (QED) is 0.467. The fourth-order valence-corrected chi connectivity index (χ4v) is 3.82. The first-order valence-corrected chi connectivity index (χ1v) is 5.61. The van der Waals surface area contributed by atoms with E-state index < -0.39 is 7.87 Å². The van der Waals surface area contributed by atoms with Crippen LogP contribution >= 0.6 is 7.87 Å². The first-order chi connectivity index (χ1) is 4.31.